The van der Waals surface area contributed by atoms with Crippen molar-refractivity contribution in [1.29, 1.82) is 0 Å². The van der Waals surface area contributed by atoms with Crippen LogP contribution in [-0.4, -0.2) is 30.6 Å². The zero-order valence-electron chi connectivity index (χ0n) is 12.4. The molecular formula is C16H24N2O2. The Labute approximate surface area is 121 Å². The fourth-order valence-corrected chi connectivity index (χ4v) is 2.43. The van der Waals surface area contributed by atoms with E-state index in [9.17, 15) is 4.79 Å². The van der Waals surface area contributed by atoms with Crippen LogP contribution in [0, 0.1) is 5.92 Å². The van der Waals surface area contributed by atoms with Crippen LogP contribution in [0.2, 0.25) is 0 Å². The second kappa shape index (κ2) is 7.17. The Kier molecular flexibility index (Phi) is 5.27. The number of carbonyl (C=O) groups is 1. The highest BCUT2D eigenvalue weighted by atomic mass is 16.5. The highest BCUT2D eigenvalue weighted by Crippen LogP contribution is 2.19. The largest absolute Gasteiger partial charge is 0.494 e. The van der Waals surface area contributed by atoms with E-state index in [1.807, 2.05) is 29.2 Å². The molecule has 4 nitrogen and oxygen atoms in total. The highest BCUT2D eigenvalue weighted by molar-refractivity contribution is 5.89. The van der Waals surface area contributed by atoms with Crippen LogP contribution in [0.15, 0.2) is 24.3 Å². The molecule has 0 radical (unpaired) electrons. The van der Waals surface area contributed by atoms with Gasteiger partial charge in [-0.05, 0) is 49.4 Å². The molecule has 20 heavy (non-hydrogen) atoms. The van der Waals surface area contributed by atoms with E-state index in [2.05, 4.69) is 19.2 Å². The van der Waals surface area contributed by atoms with Crippen molar-refractivity contribution in [2.24, 2.45) is 5.92 Å². The number of rotatable bonds is 4. The lowest BCUT2D eigenvalue weighted by atomic mass is 10.0. The summed E-state index contributed by atoms with van der Waals surface area (Å²) in [5, 5.41) is 2.95. The molecule has 1 saturated heterocycles. The van der Waals surface area contributed by atoms with Gasteiger partial charge in [0, 0.05) is 18.8 Å². The second-order valence-corrected chi connectivity index (χ2v) is 5.50. The summed E-state index contributed by atoms with van der Waals surface area (Å²) in [6.07, 6.45) is 3.30. The van der Waals surface area contributed by atoms with Crippen LogP contribution < -0.4 is 10.1 Å². The molecule has 1 atom stereocenters. The molecule has 1 aromatic carbocycles. The van der Waals surface area contributed by atoms with Crippen molar-refractivity contribution in [2.45, 2.75) is 33.1 Å². The Hall–Kier alpha value is -1.71. The van der Waals surface area contributed by atoms with E-state index in [-0.39, 0.29) is 6.03 Å². The topological polar surface area (TPSA) is 41.6 Å². The molecule has 1 N–H and O–H groups in total. The quantitative estimate of drug-likeness (QED) is 0.910. The fraction of sp³-hybridized carbons (Fsp3) is 0.562. The third-order valence-electron chi connectivity index (χ3n) is 3.52. The monoisotopic (exact) mass is 276 g/mol. The van der Waals surface area contributed by atoms with Gasteiger partial charge in [0.2, 0.25) is 0 Å². The number of likely N-dealkylation sites (tertiary alicyclic amines) is 1. The van der Waals surface area contributed by atoms with Gasteiger partial charge < -0.3 is 15.0 Å². The lowest BCUT2D eigenvalue weighted by molar-refractivity contribution is 0.182. The smallest absolute Gasteiger partial charge is 0.321 e. The first-order valence-corrected chi connectivity index (χ1v) is 7.48. The van der Waals surface area contributed by atoms with Gasteiger partial charge in [-0.1, -0.05) is 13.8 Å². The molecule has 0 bridgehead atoms. The minimum absolute atomic E-state index is 0.00113. The average Bonchev–Trinajstić information content (AvgIpc) is 2.46. The Bertz CT molecular complexity index is 431. The Balaban J connectivity index is 1.87. The summed E-state index contributed by atoms with van der Waals surface area (Å²) in [5.41, 5.74) is 0.817. The Morgan fingerprint density at radius 1 is 1.40 bits per heavy atom. The molecule has 1 heterocycles. The number of hydrogen-bond donors (Lipinski definition) is 1. The van der Waals surface area contributed by atoms with Gasteiger partial charge in [-0.25, -0.2) is 4.79 Å². The van der Waals surface area contributed by atoms with Gasteiger partial charge in [-0.15, -0.1) is 0 Å². The molecule has 1 aliphatic rings. The van der Waals surface area contributed by atoms with Crippen molar-refractivity contribution < 1.29 is 9.53 Å². The van der Waals surface area contributed by atoms with E-state index in [1.54, 1.807) is 0 Å². The second-order valence-electron chi connectivity index (χ2n) is 5.50. The number of amides is 2. The van der Waals surface area contributed by atoms with E-state index in [0.717, 1.165) is 44.0 Å². The molecular weight excluding hydrogens is 252 g/mol. The average molecular weight is 276 g/mol. The molecule has 0 spiro atoms. The molecule has 1 aromatic rings. The normalized spacial score (nSPS) is 18.7. The van der Waals surface area contributed by atoms with Gasteiger partial charge >= 0.3 is 6.03 Å². The summed E-state index contributed by atoms with van der Waals surface area (Å²) >= 11 is 0. The zero-order chi connectivity index (χ0) is 14.4. The van der Waals surface area contributed by atoms with Gasteiger partial charge in [0.1, 0.15) is 5.75 Å². The summed E-state index contributed by atoms with van der Waals surface area (Å²) in [7, 11) is 0. The first-order chi connectivity index (χ1) is 9.69. The first kappa shape index (κ1) is 14.7. The third-order valence-corrected chi connectivity index (χ3v) is 3.52. The standard InChI is InChI=1S/C16H24N2O2/c1-3-11-20-15-8-6-14(7-9-15)17-16(19)18-10-4-5-13(2)12-18/h6-9,13H,3-5,10-12H2,1-2H3,(H,17,19). The molecule has 0 aromatic heterocycles. The number of ether oxygens (including phenoxy) is 1. The van der Waals surface area contributed by atoms with Gasteiger partial charge in [0.15, 0.2) is 0 Å². The van der Waals surface area contributed by atoms with E-state index in [4.69, 9.17) is 4.74 Å². The molecule has 1 unspecified atom stereocenters. The maximum atomic E-state index is 12.2. The van der Waals surface area contributed by atoms with Crippen LogP contribution >= 0.6 is 0 Å². The van der Waals surface area contributed by atoms with Crippen LogP contribution in [-0.2, 0) is 0 Å². The van der Waals surface area contributed by atoms with E-state index in [0.29, 0.717) is 5.92 Å². The number of benzene rings is 1. The number of hydrogen-bond acceptors (Lipinski definition) is 2. The predicted octanol–water partition coefficient (Wildman–Crippen LogP) is 3.74. The van der Waals surface area contributed by atoms with Crippen LogP contribution in [0.5, 0.6) is 5.75 Å². The summed E-state index contributed by atoms with van der Waals surface area (Å²) < 4.78 is 5.52. The van der Waals surface area contributed by atoms with Gasteiger partial charge in [-0.3, -0.25) is 0 Å². The highest BCUT2D eigenvalue weighted by Gasteiger charge is 2.20. The molecule has 0 aliphatic carbocycles. The van der Waals surface area contributed by atoms with Gasteiger partial charge in [0.05, 0.1) is 6.61 Å². The predicted molar refractivity (Wildman–Crippen MR) is 81.2 cm³/mol. The van der Waals surface area contributed by atoms with Crippen molar-refractivity contribution in [3.05, 3.63) is 24.3 Å². The minimum atomic E-state index is -0.00113. The number of piperidine rings is 1. The molecule has 0 saturated carbocycles. The fourth-order valence-electron chi connectivity index (χ4n) is 2.43. The Morgan fingerprint density at radius 2 is 2.15 bits per heavy atom. The van der Waals surface area contributed by atoms with E-state index in [1.165, 1.54) is 6.42 Å². The van der Waals surface area contributed by atoms with Crippen molar-refractivity contribution in [3.63, 3.8) is 0 Å². The molecule has 2 amide bonds. The minimum Gasteiger partial charge on any atom is -0.494 e. The van der Waals surface area contributed by atoms with Gasteiger partial charge in [-0.2, -0.15) is 0 Å². The number of carbonyl (C=O) groups excluding carboxylic acids is 1. The zero-order valence-corrected chi connectivity index (χ0v) is 12.4. The number of anilines is 1. The van der Waals surface area contributed by atoms with E-state index < -0.39 is 0 Å². The maximum absolute atomic E-state index is 12.2. The van der Waals surface area contributed by atoms with Crippen molar-refractivity contribution in [3.8, 4) is 5.75 Å². The van der Waals surface area contributed by atoms with Crippen molar-refractivity contribution >= 4 is 11.7 Å². The van der Waals surface area contributed by atoms with Crippen LogP contribution in [0.3, 0.4) is 0 Å². The van der Waals surface area contributed by atoms with Gasteiger partial charge in [0.25, 0.3) is 0 Å². The van der Waals surface area contributed by atoms with E-state index >= 15 is 0 Å². The lowest BCUT2D eigenvalue weighted by Gasteiger charge is -2.30. The molecule has 1 fully saturated rings. The van der Waals surface area contributed by atoms with Crippen molar-refractivity contribution in [1.82, 2.24) is 4.90 Å². The number of nitrogens with one attached hydrogen (secondary N) is 1. The maximum Gasteiger partial charge on any atom is 0.321 e. The van der Waals surface area contributed by atoms with Crippen molar-refractivity contribution in [2.75, 3.05) is 25.0 Å². The summed E-state index contributed by atoms with van der Waals surface area (Å²) in [4.78, 5) is 14.1. The van der Waals surface area contributed by atoms with Crippen LogP contribution in [0.1, 0.15) is 33.1 Å². The molecule has 1 aliphatic heterocycles. The third kappa shape index (κ3) is 4.15. The van der Waals surface area contributed by atoms with Crippen LogP contribution in [0.25, 0.3) is 0 Å². The first-order valence-electron chi connectivity index (χ1n) is 7.48. The SMILES string of the molecule is CCCOc1ccc(NC(=O)N2CCCC(C)C2)cc1. The number of nitrogens with zero attached hydrogens (tertiary/aromatic N) is 1. The summed E-state index contributed by atoms with van der Waals surface area (Å²) in [5.74, 6) is 1.44. The summed E-state index contributed by atoms with van der Waals surface area (Å²) in [6.45, 7) is 6.70. The molecule has 110 valence electrons. The lowest BCUT2D eigenvalue weighted by Crippen LogP contribution is -2.41. The molecule has 2 rings (SSSR count). The van der Waals surface area contributed by atoms with Crippen LogP contribution in [0.4, 0.5) is 10.5 Å². The summed E-state index contributed by atoms with van der Waals surface area (Å²) in [6, 6.07) is 7.56. The molecule has 4 heteroatoms. The Morgan fingerprint density at radius 3 is 2.80 bits per heavy atom. The number of urea groups is 1.